The minimum atomic E-state index is -3.57. The third kappa shape index (κ3) is 4.51. The first kappa shape index (κ1) is 20.1. The van der Waals surface area contributed by atoms with Crippen LogP contribution in [-0.4, -0.2) is 33.6 Å². The van der Waals surface area contributed by atoms with Gasteiger partial charge < -0.3 is 9.53 Å². The van der Waals surface area contributed by atoms with Crippen LogP contribution in [-0.2, 0) is 25.5 Å². The number of carboxylic acid groups (broad SMARTS) is 1. The molecule has 0 aliphatic heterocycles. The maximum atomic E-state index is 12.3. The number of aryl methyl sites for hydroxylation is 1. The maximum absolute atomic E-state index is 12.3. The average Bonchev–Trinajstić information content (AvgIpc) is 2.86. The highest BCUT2D eigenvalue weighted by Crippen LogP contribution is 2.43. The van der Waals surface area contributed by atoms with Gasteiger partial charge in [0.2, 0.25) is 0 Å². The van der Waals surface area contributed by atoms with Crippen molar-refractivity contribution in [2.45, 2.75) is 69.2 Å². The Morgan fingerprint density at radius 1 is 1.32 bits per heavy atom. The van der Waals surface area contributed by atoms with Crippen molar-refractivity contribution in [3.05, 3.63) is 29.3 Å². The van der Waals surface area contributed by atoms with Crippen LogP contribution < -0.4 is 0 Å². The van der Waals surface area contributed by atoms with Crippen LogP contribution in [0.2, 0.25) is 18.1 Å². The number of benzene rings is 1. The second kappa shape index (κ2) is 6.85. The fourth-order valence-electron chi connectivity index (χ4n) is 2.74. The molecule has 1 aliphatic rings. The Hall–Kier alpha value is -1.18. The number of carboxylic acids is 1. The molecule has 5 nitrogen and oxygen atoms in total. The zero-order chi connectivity index (χ0) is 19.0. The van der Waals surface area contributed by atoms with Crippen LogP contribution in [0.5, 0.6) is 0 Å². The molecule has 0 fully saturated rings. The second-order valence-corrected chi connectivity index (χ2v) is 15.1. The molecule has 0 heterocycles. The molecule has 0 saturated carbocycles. The van der Waals surface area contributed by atoms with E-state index in [4.69, 9.17) is 9.53 Å². The van der Waals surface area contributed by atoms with Gasteiger partial charge in [-0.05, 0) is 54.2 Å². The zero-order valence-corrected chi connectivity index (χ0v) is 17.4. The summed E-state index contributed by atoms with van der Waals surface area (Å²) >= 11 is 0. The van der Waals surface area contributed by atoms with Gasteiger partial charge in [-0.25, -0.2) is 8.42 Å². The fraction of sp³-hybridized carbons (Fsp3) is 0.611. The summed E-state index contributed by atoms with van der Waals surface area (Å²) in [6.45, 7) is 11.0. The van der Waals surface area contributed by atoms with Crippen LogP contribution in [0.1, 0.15) is 50.8 Å². The maximum Gasteiger partial charge on any atom is 0.304 e. The standard InChI is InChI=1S/C18H28O5SSi/c1-18(2,3)25(4,5)23-16-9-6-13-12-14(7-8-15(13)16)24(21,22)11-10-17(19)20/h7-8,12,16H,6,9-11H2,1-5H3,(H,19,20). The van der Waals surface area contributed by atoms with Crippen LogP contribution in [0.3, 0.4) is 0 Å². The normalized spacial score (nSPS) is 18.2. The molecule has 1 aromatic rings. The number of sulfone groups is 1. The van der Waals surface area contributed by atoms with E-state index in [1.165, 1.54) is 0 Å². The lowest BCUT2D eigenvalue weighted by molar-refractivity contribution is -0.136. The van der Waals surface area contributed by atoms with Gasteiger partial charge in [0.25, 0.3) is 0 Å². The summed E-state index contributed by atoms with van der Waals surface area (Å²) in [7, 11) is -5.46. The summed E-state index contributed by atoms with van der Waals surface area (Å²) < 4.78 is 31.1. The summed E-state index contributed by atoms with van der Waals surface area (Å²) in [5, 5.41) is 8.83. The lowest BCUT2D eigenvalue weighted by Crippen LogP contribution is -2.41. The number of carbonyl (C=O) groups is 1. The highest BCUT2D eigenvalue weighted by molar-refractivity contribution is 7.91. The first-order valence-electron chi connectivity index (χ1n) is 8.59. The SMILES string of the molecule is CC(C)(C)[Si](C)(C)OC1CCc2cc(S(=O)(=O)CCC(=O)O)ccc21. The van der Waals surface area contributed by atoms with Crippen LogP contribution in [0.15, 0.2) is 23.1 Å². The molecule has 0 aromatic heterocycles. The van der Waals surface area contributed by atoms with Crippen molar-refractivity contribution >= 4 is 24.1 Å². The van der Waals surface area contributed by atoms with E-state index in [2.05, 4.69) is 33.9 Å². The lowest BCUT2D eigenvalue weighted by atomic mass is 10.1. The Morgan fingerprint density at radius 3 is 2.52 bits per heavy atom. The molecule has 1 atom stereocenters. The van der Waals surface area contributed by atoms with Crippen LogP contribution in [0.4, 0.5) is 0 Å². The molecule has 1 aromatic carbocycles. The molecular weight excluding hydrogens is 356 g/mol. The monoisotopic (exact) mass is 384 g/mol. The van der Waals surface area contributed by atoms with Gasteiger partial charge in [0.05, 0.1) is 23.2 Å². The molecule has 25 heavy (non-hydrogen) atoms. The number of aliphatic carboxylic acids is 1. The van der Waals surface area contributed by atoms with E-state index < -0.39 is 24.1 Å². The number of rotatable bonds is 6. The summed E-state index contributed by atoms with van der Waals surface area (Å²) in [5.74, 6) is -1.47. The molecule has 7 heteroatoms. The smallest absolute Gasteiger partial charge is 0.304 e. The molecule has 1 aliphatic carbocycles. The van der Waals surface area contributed by atoms with Crippen molar-refractivity contribution in [2.24, 2.45) is 0 Å². The van der Waals surface area contributed by atoms with E-state index >= 15 is 0 Å². The average molecular weight is 385 g/mol. The topological polar surface area (TPSA) is 80.7 Å². The van der Waals surface area contributed by atoms with Crippen molar-refractivity contribution in [3.8, 4) is 0 Å². The number of hydrogen-bond acceptors (Lipinski definition) is 4. The van der Waals surface area contributed by atoms with Gasteiger partial charge in [-0.1, -0.05) is 26.8 Å². The second-order valence-electron chi connectivity index (χ2n) is 8.23. The minimum Gasteiger partial charge on any atom is -0.481 e. The van der Waals surface area contributed by atoms with Gasteiger partial charge >= 0.3 is 5.97 Å². The Morgan fingerprint density at radius 2 is 1.96 bits per heavy atom. The van der Waals surface area contributed by atoms with E-state index in [0.29, 0.717) is 0 Å². The predicted octanol–water partition coefficient (Wildman–Crippen LogP) is 3.94. The zero-order valence-electron chi connectivity index (χ0n) is 15.6. The van der Waals surface area contributed by atoms with Crippen LogP contribution in [0, 0.1) is 0 Å². The Balaban J connectivity index is 2.22. The van der Waals surface area contributed by atoms with Crippen LogP contribution >= 0.6 is 0 Å². The molecule has 1 unspecified atom stereocenters. The largest absolute Gasteiger partial charge is 0.481 e. The highest BCUT2D eigenvalue weighted by atomic mass is 32.2. The summed E-state index contributed by atoms with van der Waals surface area (Å²) in [6, 6.07) is 5.12. The molecule has 2 rings (SSSR count). The summed E-state index contributed by atoms with van der Waals surface area (Å²) in [6.07, 6.45) is 1.29. The van der Waals surface area contributed by atoms with E-state index in [1.54, 1.807) is 12.1 Å². The molecule has 0 spiro atoms. The quantitative estimate of drug-likeness (QED) is 0.751. The van der Waals surface area contributed by atoms with Gasteiger partial charge in [0.1, 0.15) is 0 Å². The third-order valence-corrected chi connectivity index (χ3v) is 11.5. The van der Waals surface area contributed by atoms with Crippen molar-refractivity contribution in [1.82, 2.24) is 0 Å². The van der Waals surface area contributed by atoms with Gasteiger partial charge in [-0.3, -0.25) is 4.79 Å². The lowest BCUT2D eigenvalue weighted by Gasteiger charge is -2.38. The van der Waals surface area contributed by atoms with Crippen molar-refractivity contribution in [3.63, 3.8) is 0 Å². The van der Waals surface area contributed by atoms with Gasteiger partial charge in [-0.2, -0.15) is 0 Å². The number of hydrogen-bond donors (Lipinski definition) is 1. The molecule has 0 amide bonds. The minimum absolute atomic E-state index is 0.0201. The van der Waals surface area contributed by atoms with Gasteiger partial charge in [-0.15, -0.1) is 0 Å². The van der Waals surface area contributed by atoms with Gasteiger partial charge in [0.15, 0.2) is 18.2 Å². The summed E-state index contributed by atoms with van der Waals surface area (Å²) in [4.78, 5) is 10.9. The number of fused-ring (bicyclic) bond motifs is 1. The first-order chi connectivity index (χ1) is 11.3. The van der Waals surface area contributed by atoms with Crippen molar-refractivity contribution in [2.75, 3.05) is 5.75 Å². The first-order valence-corrected chi connectivity index (χ1v) is 13.1. The molecule has 0 bridgehead atoms. The van der Waals surface area contributed by atoms with Crippen molar-refractivity contribution < 1.29 is 22.7 Å². The fourth-order valence-corrected chi connectivity index (χ4v) is 5.33. The van der Waals surface area contributed by atoms with E-state index in [-0.39, 0.29) is 28.2 Å². The molecular formula is C18H28O5SSi. The van der Waals surface area contributed by atoms with Crippen molar-refractivity contribution in [1.29, 1.82) is 0 Å². The molecule has 1 N–H and O–H groups in total. The molecule has 0 saturated heterocycles. The van der Waals surface area contributed by atoms with E-state index in [9.17, 15) is 13.2 Å². The highest BCUT2D eigenvalue weighted by Gasteiger charge is 2.40. The van der Waals surface area contributed by atoms with E-state index in [0.717, 1.165) is 24.0 Å². The van der Waals surface area contributed by atoms with Crippen LogP contribution in [0.25, 0.3) is 0 Å². The predicted molar refractivity (Wildman–Crippen MR) is 100 cm³/mol. The Bertz CT molecular complexity index is 762. The van der Waals surface area contributed by atoms with E-state index in [1.807, 2.05) is 6.07 Å². The molecule has 140 valence electrons. The molecule has 0 radical (unpaired) electrons. The third-order valence-electron chi connectivity index (χ3n) is 5.32. The Kier molecular flexibility index (Phi) is 5.52. The summed E-state index contributed by atoms with van der Waals surface area (Å²) in [5.41, 5.74) is 2.07. The van der Waals surface area contributed by atoms with Gasteiger partial charge in [0, 0.05) is 0 Å². The Labute approximate surface area is 151 Å².